The van der Waals surface area contributed by atoms with Crippen molar-refractivity contribution in [2.24, 2.45) is 17.8 Å². The number of nitrogens with one attached hydrogen (secondary N) is 1. The van der Waals surface area contributed by atoms with E-state index >= 15 is 0 Å². The van der Waals surface area contributed by atoms with E-state index in [1.807, 2.05) is 0 Å². The maximum Gasteiger partial charge on any atom is 0.224 e. The first-order chi connectivity index (χ1) is 10.3. The van der Waals surface area contributed by atoms with Crippen LogP contribution in [-0.4, -0.2) is 5.91 Å². The minimum absolute atomic E-state index is 0.0385. The van der Waals surface area contributed by atoms with Crippen molar-refractivity contribution in [1.29, 1.82) is 0 Å². The highest BCUT2D eigenvalue weighted by Crippen LogP contribution is 2.48. The number of carbonyl (C=O) groups excluding carboxylic acids is 1. The van der Waals surface area contributed by atoms with Gasteiger partial charge in [0, 0.05) is 15.7 Å². The summed E-state index contributed by atoms with van der Waals surface area (Å²) in [6.45, 7) is 0. The van der Waals surface area contributed by atoms with Gasteiger partial charge in [-0.25, -0.2) is 0 Å². The van der Waals surface area contributed by atoms with Gasteiger partial charge in [-0.1, -0.05) is 18.6 Å². The molecule has 1 N–H and O–H groups in total. The van der Waals surface area contributed by atoms with E-state index in [0.29, 0.717) is 5.92 Å². The van der Waals surface area contributed by atoms with Gasteiger partial charge in [0.25, 0.3) is 0 Å². The fourth-order valence-electron chi connectivity index (χ4n) is 4.01. The maximum atomic E-state index is 12.7. The first kappa shape index (κ1) is 13.5. The van der Waals surface area contributed by atoms with E-state index in [0.717, 1.165) is 12.3 Å². The van der Waals surface area contributed by atoms with Gasteiger partial charge in [-0.3, -0.25) is 4.79 Å². The van der Waals surface area contributed by atoms with Gasteiger partial charge in [0.1, 0.15) is 0 Å². The lowest BCUT2D eigenvalue weighted by molar-refractivity contribution is -0.127. The highest BCUT2D eigenvalue weighted by Gasteiger charge is 2.43. The van der Waals surface area contributed by atoms with E-state index in [1.165, 1.54) is 29.0 Å². The summed E-state index contributed by atoms with van der Waals surface area (Å²) in [7, 11) is 0. The van der Waals surface area contributed by atoms with Gasteiger partial charge in [0.15, 0.2) is 0 Å². The molecule has 110 valence electrons. The Morgan fingerprint density at radius 1 is 1.10 bits per heavy atom. The molecule has 4 heteroatoms. The second-order valence-corrected chi connectivity index (χ2v) is 8.21. The van der Waals surface area contributed by atoms with Gasteiger partial charge in [-0.15, -0.1) is 22.7 Å². The van der Waals surface area contributed by atoms with Crippen molar-refractivity contribution in [2.75, 3.05) is 0 Å². The van der Waals surface area contributed by atoms with Gasteiger partial charge in [0.05, 0.1) is 6.04 Å². The molecule has 3 atom stereocenters. The van der Waals surface area contributed by atoms with Crippen LogP contribution < -0.4 is 5.32 Å². The lowest BCUT2D eigenvalue weighted by atomic mass is 9.88. The predicted molar refractivity (Wildman–Crippen MR) is 87.6 cm³/mol. The topological polar surface area (TPSA) is 29.1 Å². The Morgan fingerprint density at radius 2 is 1.81 bits per heavy atom. The number of fused-ring (bicyclic) bond motifs is 2. The second kappa shape index (κ2) is 5.58. The van der Waals surface area contributed by atoms with Gasteiger partial charge < -0.3 is 5.32 Å². The lowest BCUT2D eigenvalue weighted by Crippen LogP contribution is -2.36. The lowest BCUT2D eigenvalue weighted by Gasteiger charge is -2.24. The van der Waals surface area contributed by atoms with E-state index in [2.05, 4.69) is 40.3 Å². The van der Waals surface area contributed by atoms with Gasteiger partial charge in [0.2, 0.25) is 5.91 Å². The zero-order chi connectivity index (χ0) is 14.2. The first-order valence-electron chi connectivity index (χ1n) is 7.68. The van der Waals surface area contributed by atoms with Crippen LogP contribution in [0.25, 0.3) is 0 Å². The molecule has 2 bridgehead atoms. The molecular formula is C17H19NOS2. The minimum atomic E-state index is 0.0385. The van der Waals surface area contributed by atoms with Crippen LogP contribution in [0.1, 0.15) is 41.5 Å². The summed E-state index contributed by atoms with van der Waals surface area (Å²) < 4.78 is 0. The van der Waals surface area contributed by atoms with Crippen LogP contribution in [0.5, 0.6) is 0 Å². The van der Waals surface area contributed by atoms with Crippen molar-refractivity contribution in [2.45, 2.75) is 31.7 Å². The smallest absolute Gasteiger partial charge is 0.224 e. The van der Waals surface area contributed by atoms with E-state index in [9.17, 15) is 4.79 Å². The quantitative estimate of drug-likeness (QED) is 0.887. The highest BCUT2D eigenvalue weighted by molar-refractivity contribution is 7.11. The largest absolute Gasteiger partial charge is 0.343 e. The molecule has 1 amide bonds. The molecule has 2 saturated carbocycles. The molecule has 4 rings (SSSR count). The molecule has 2 aromatic heterocycles. The van der Waals surface area contributed by atoms with E-state index in [1.54, 1.807) is 22.7 Å². The minimum Gasteiger partial charge on any atom is -0.343 e. The van der Waals surface area contributed by atoms with Crippen LogP contribution in [0.15, 0.2) is 35.0 Å². The number of thiophene rings is 2. The molecule has 2 aliphatic rings. The zero-order valence-corrected chi connectivity index (χ0v) is 13.5. The summed E-state index contributed by atoms with van der Waals surface area (Å²) in [6, 6.07) is 8.40. The Balaban J connectivity index is 1.53. The molecule has 0 aliphatic heterocycles. The monoisotopic (exact) mass is 317 g/mol. The summed E-state index contributed by atoms with van der Waals surface area (Å²) >= 11 is 3.44. The van der Waals surface area contributed by atoms with Crippen molar-refractivity contribution in [3.8, 4) is 0 Å². The van der Waals surface area contributed by atoms with Gasteiger partial charge >= 0.3 is 0 Å². The number of amides is 1. The predicted octanol–water partition coefficient (Wildman–Crippen LogP) is 4.45. The molecule has 0 aromatic carbocycles. The Kier molecular flexibility index (Phi) is 3.59. The third kappa shape index (κ3) is 2.55. The van der Waals surface area contributed by atoms with Crippen molar-refractivity contribution >= 4 is 28.6 Å². The molecule has 0 spiro atoms. The Morgan fingerprint density at radius 3 is 2.29 bits per heavy atom. The van der Waals surface area contributed by atoms with Crippen LogP contribution in [0.4, 0.5) is 0 Å². The van der Waals surface area contributed by atoms with Gasteiger partial charge in [-0.05, 0) is 54.0 Å². The maximum absolute atomic E-state index is 12.7. The molecule has 2 fully saturated rings. The van der Waals surface area contributed by atoms with Crippen LogP contribution in [0.2, 0.25) is 0 Å². The fraction of sp³-hybridized carbons (Fsp3) is 0.471. The van der Waals surface area contributed by atoms with Gasteiger partial charge in [-0.2, -0.15) is 0 Å². The summed E-state index contributed by atoms with van der Waals surface area (Å²) in [5.41, 5.74) is 0. The standard InChI is InChI=1S/C17H19NOS2/c19-17(13-10-11-5-6-12(13)9-11)18-16(14-3-1-7-20-14)15-4-2-8-21-15/h1-4,7-8,11-13,16H,5-6,9-10H2,(H,18,19)/t11-,12-,13+/m0/s1. The van der Waals surface area contributed by atoms with Crippen LogP contribution >= 0.6 is 22.7 Å². The third-order valence-electron chi connectivity index (χ3n) is 5.02. The number of rotatable bonds is 4. The van der Waals surface area contributed by atoms with Crippen molar-refractivity contribution in [3.05, 3.63) is 44.8 Å². The molecule has 2 heterocycles. The normalized spacial score (nSPS) is 27.4. The van der Waals surface area contributed by atoms with E-state index < -0.39 is 0 Å². The Labute approximate surface area is 133 Å². The zero-order valence-electron chi connectivity index (χ0n) is 11.8. The molecule has 0 saturated heterocycles. The van der Waals surface area contributed by atoms with Crippen molar-refractivity contribution < 1.29 is 4.79 Å². The van der Waals surface area contributed by atoms with Crippen molar-refractivity contribution in [1.82, 2.24) is 5.32 Å². The summed E-state index contributed by atoms with van der Waals surface area (Å²) in [5.74, 6) is 1.98. The molecule has 2 aliphatic carbocycles. The summed E-state index contributed by atoms with van der Waals surface area (Å²) in [6.07, 6.45) is 4.98. The average Bonchev–Trinajstić information content (AvgIpc) is 3.30. The molecule has 2 aromatic rings. The second-order valence-electron chi connectivity index (χ2n) is 6.25. The molecule has 0 radical (unpaired) electrons. The average molecular weight is 317 g/mol. The SMILES string of the molecule is O=C(NC(c1cccs1)c1cccs1)[C@@H]1C[C@H]2CC[C@H]1C2. The molecular weight excluding hydrogens is 298 g/mol. The third-order valence-corrected chi connectivity index (χ3v) is 6.89. The summed E-state index contributed by atoms with van der Waals surface area (Å²) in [5, 5.41) is 7.50. The summed E-state index contributed by atoms with van der Waals surface area (Å²) in [4.78, 5) is 15.2. The number of hydrogen-bond donors (Lipinski definition) is 1. The van der Waals surface area contributed by atoms with Crippen LogP contribution in [0, 0.1) is 17.8 Å². The number of carbonyl (C=O) groups is 1. The highest BCUT2D eigenvalue weighted by atomic mass is 32.1. The Bertz CT molecular complexity index is 571. The Hall–Kier alpha value is -1.13. The van der Waals surface area contributed by atoms with E-state index in [4.69, 9.17) is 0 Å². The first-order valence-corrected chi connectivity index (χ1v) is 9.44. The van der Waals surface area contributed by atoms with Crippen LogP contribution in [-0.2, 0) is 4.79 Å². The molecule has 2 nitrogen and oxygen atoms in total. The molecule has 21 heavy (non-hydrogen) atoms. The van der Waals surface area contributed by atoms with Crippen molar-refractivity contribution in [3.63, 3.8) is 0 Å². The van der Waals surface area contributed by atoms with Crippen LogP contribution in [0.3, 0.4) is 0 Å². The number of hydrogen-bond acceptors (Lipinski definition) is 3. The fourth-order valence-corrected chi connectivity index (χ4v) is 5.67. The van der Waals surface area contributed by atoms with E-state index in [-0.39, 0.29) is 17.9 Å². The molecule has 0 unspecified atom stereocenters.